The van der Waals surface area contributed by atoms with Crippen LogP contribution in [0.15, 0.2) is 46.9 Å². The van der Waals surface area contributed by atoms with Crippen molar-refractivity contribution in [1.82, 2.24) is 14.9 Å². The van der Waals surface area contributed by atoms with Crippen LogP contribution < -0.4 is 10.9 Å². The van der Waals surface area contributed by atoms with Gasteiger partial charge in [0.1, 0.15) is 0 Å². The normalized spacial score (nSPS) is 10.7. The molecule has 6 nitrogen and oxygen atoms in total. The molecule has 0 saturated heterocycles. The number of ether oxygens (including phenoxy) is 1. The number of carbonyl (C=O) groups excluding carboxylic acids is 1. The Bertz CT molecular complexity index is 758. The second-order valence-corrected chi connectivity index (χ2v) is 5.69. The maximum atomic E-state index is 12.5. The van der Waals surface area contributed by atoms with Crippen LogP contribution in [0.5, 0.6) is 0 Å². The molecular formula is C16H19N3O3S. The number of allylic oxidation sites excluding steroid dienone is 1. The maximum absolute atomic E-state index is 12.5. The van der Waals surface area contributed by atoms with Gasteiger partial charge in [0, 0.05) is 20.2 Å². The Balaban J connectivity index is 2.21. The van der Waals surface area contributed by atoms with Gasteiger partial charge in [0.2, 0.25) is 5.91 Å². The van der Waals surface area contributed by atoms with E-state index in [1.807, 2.05) is 6.07 Å². The minimum Gasteiger partial charge on any atom is -0.383 e. The molecule has 0 spiro atoms. The Labute approximate surface area is 138 Å². The second-order valence-electron chi connectivity index (χ2n) is 4.75. The first-order chi connectivity index (χ1) is 11.2. The number of hydrogen-bond acceptors (Lipinski definition) is 5. The molecule has 1 heterocycles. The summed E-state index contributed by atoms with van der Waals surface area (Å²) in [4.78, 5) is 28.8. The third kappa shape index (κ3) is 4.43. The van der Waals surface area contributed by atoms with Gasteiger partial charge in [-0.25, -0.2) is 4.98 Å². The highest BCUT2D eigenvalue weighted by atomic mass is 32.2. The fraction of sp³-hybridized carbons (Fsp3) is 0.312. The van der Waals surface area contributed by atoms with Crippen molar-refractivity contribution in [2.24, 2.45) is 0 Å². The lowest BCUT2D eigenvalue weighted by Gasteiger charge is -2.11. The monoisotopic (exact) mass is 333 g/mol. The topological polar surface area (TPSA) is 73.2 Å². The zero-order valence-corrected chi connectivity index (χ0v) is 13.8. The number of fused-ring (bicyclic) bond motifs is 1. The average Bonchev–Trinajstić information content (AvgIpc) is 2.56. The molecule has 0 aliphatic rings. The van der Waals surface area contributed by atoms with Crippen LogP contribution in [0.1, 0.15) is 0 Å². The van der Waals surface area contributed by atoms with E-state index in [9.17, 15) is 9.59 Å². The number of carbonyl (C=O) groups is 1. The van der Waals surface area contributed by atoms with E-state index < -0.39 is 0 Å². The molecule has 0 fully saturated rings. The molecule has 0 unspecified atom stereocenters. The third-order valence-electron chi connectivity index (χ3n) is 3.10. The zero-order valence-electron chi connectivity index (χ0n) is 12.9. The van der Waals surface area contributed by atoms with Gasteiger partial charge in [-0.2, -0.15) is 0 Å². The minimum atomic E-state index is -0.127. The number of para-hydroxylation sites is 1. The van der Waals surface area contributed by atoms with E-state index in [-0.39, 0.29) is 17.2 Å². The van der Waals surface area contributed by atoms with Crippen molar-refractivity contribution in [2.45, 2.75) is 11.7 Å². The Morgan fingerprint density at radius 2 is 2.26 bits per heavy atom. The van der Waals surface area contributed by atoms with E-state index in [1.54, 1.807) is 31.4 Å². The molecule has 122 valence electrons. The lowest BCUT2D eigenvalue weighted by molar-refractivity contribution is -0.118. The summed E-state index contributed by atoms with van der Waals surface area (Å²) in [6.45, 7) is 4.95. The van der Waals surface area contributed by atoms with Crippen molar-refractivity contribution in [3.8, 4) is 0 Å². The van der Waals surface area contributed by atoms with E-state index in [0.717, 1.165) is 0 Å². The molecule has 23 heavy (non-hydrogen) atoms. The van der Waals surface area contributed by atoms with Gasteiger partial charge in [-0.1, -0.05) is 30.0 Å². The number of aromatic nitrogens is 2. The standard InChI is InChI=1S/C16H19N3O3S/c1-3-9-19-15(21)12-6-4-5-7-13(12)18-16(19)23-11-14(20)17-8-10-22-2/h3-7H,1,8-11H2,2H3,(H,17,20). The van der Waals surface area contributed by atoms with E-state index in [1.165, 1.54) is 16.3 Å². The molecule has 0 atom stereocenters. The van der Waals surface area contributed by atoms with Crippen LogP contribution >= 0.6 is 11.8 Å². The van der Waals surface area contributed by atoms with Crippen LogP contribution in [0, 0.1) is 0 Å². The summed E-state index contributed by atoms with van der Waals surface area (Å²) in [7, 11) is 1.58. The summed E-state index contributed by atoms with van der Waals surface area (Å²) < 4.78 is 6.41. The smallest absolute Gasteiger partial charge is 0.262 e. The highest BCUT2D eigenvalue weighted by molar-refractivity contribution is 7.99. The van der Waals surface area contributed by atoms with Crippen molar-refractivity contribution >= 4 is 28.6 Å². The molecule has 1 amide bonds. The van der Waals surface area contributed by atoms with Crippen LogP contribution in [-0.4, -0.2) is 41.5 Å². The molecule has 1 N–H and O–H groups in total. The van der Waals surface area contributed by atoms with Crippen molar-refractivity contribution in [1.29, 1.82) is 0 Å². The molecule has 1 aromatic heterocycles. The van der Waals surface area contributed by atoms with E-state index >= 15 is 0 Å². The van der Waals surface area contributed by atoms with Crippen molar-refractivity contribution in [2.75, 3.05) is 26.0 Å². The molecule has 0 radical (unpaired) electrons. The summed E-state index contributed by atoms with van der Waals surface area (Å²) in [5, 5.41) is 3.81. The summed E-state index contributed by atoms with van der Waals surface area (Å²) >= 11 is 1.23. The lowest BCUT2D eigenvalue weighted by Crippen LogP contribution is -2.29. The van der Waals surface area contributed by atoms with Gasteiger partial charge in [-0.15, -0.1) is 6.58 Å². The van der Waals surface area contributed by atoms with Crippen molar-refractivity contribution in [3.63, 3.8) is 0 Å². The predicted molar refractivity (Wildman–Crippen MR) is 91.8 cm³/mol. The Hall–Kier alpha value is -2.12. The highest BCUT2D eigenvalue weighted by Crippen LogP contribution is 2.17. The molecule has 2 rings (SSSR count). The predicted octanol–water partition coefficient (Wildman–Crippen LogP) is 1.44. The van der Waals surface area contributed by atoms with Crippen LogP contribution in [0.4, 0.5) is 0 Å². The Kier molecular flexibility index (Phi) is 6.37. The van der Waals surface area contributed by atoms with E-state index in [0.29, 0.717) is 35.8 Å². The summed E-state index contributed by atoms with van der Waals surface area (Å²) in [6.07, 6.45) is 1.64. The maximum Gasteiger partial charge on any atom is 0.262 e. The second kappa shape index (κ2) is 8.50. The molecule has 7 heteroatoms. The third-order valence-corrected chi connectivity index (χ3v) is 4.08. The van der Waals surface area contributed by atoms with Crippen LogP contribution in [0.2, 0.25) is 0 Å². The highest BCUT2D eigenvalue weighted by Gasteiger charge is 2.12. The van der Waals surface area contributed by atoms with Crippen LogP contribution in [0.25, 0.3) is 10.9 Å². The fourth-order valence-electron chi connectivity index (χ4n) is 2.02. The first-order valence-corrected chi connectivity index (χ1v) is 8.15. The number of thioether (sulfide) groups is 1. The molecular weight excluding hydrogens is 314 g/mol. The van der Waals surface area contributed by atoms with Gasteiger partial charge in [-0.05, 0) is 12.1 Å². The quantitative estimate of drug-likeness (QED) is 0.342. The number of methoxy groups -OCH3 is 1. The van der Waals surface area contributed by atoms with Gasteiger partial charge in [-0.3, -0.25) is 14.2 Å². The first kappa shape index (κ1) is 17.2. The summed E-state index contributed by atoms with van der Waals surface area (Å²) in [6, 6.07) is 7.17. The largest absolute Gasteiger partial charge is 0.383 e. The Morgan fingerprint density at radius 3 is 3.00 bits per heavy atom. The number of amides is 1. The molecule has 0 aliphatic heterocycles. The molecule has 0 saturated carbocycles. The van der Waals surface area contributed by atoms with E-state index in [4.69, 9.17) is 4.74 Å². The number of nitrogens with one attached hydrogen (secondary N) is 1. The van der Waals surface area contributed by atoms with Gasteiger partial charge >= 0.3 is 0 Å². The molecule has 2 aromatic rings. The van der Waals surface area contributed by atoms with Gasteiger partial charge in [0.15, 0.2) is 5.16 Å². The average molecular weight is 333 g/mol. The number of hydrogen-bond donors (Lipinski definition) is 1. The SMILES string of the molecule is C=CCn1c(SCC(=O)NCCOC)nc2ccccc2c1=O. The minimum absolute atomic E-state index is 0.125. The van der Waals surface area contributed by atoms with E-state index in [2.05, 4.69) is 16.9 Å². The molecule has 1 aromatic carbocycles. The zero-order chi connectivity index (χ0) is 16.7. The number of rotatable bonds is 8. The van der Waals surface area contributed by atoms with Crippen molar-refractivity contribution < 1.29 is 9.53 Å². The number of nitrogens with zero attached hydrogens (tertiary/aromatic N) is 2. The molecule has 0 bridgehead atoms. The Morgan fingerprint density at radius 1 is 1.48 bits per heavy atom. The van der Waals surface area contributed by atoms with Crippen LogP contribution in [0.3, 0.4) is 0 Å². The van der Waals surface area contributed by atoms with Gasteiger partial charge < -0.3 is 10.1 Å². The van der Waals surface area contributed by atoms with Gasteiger partial charge in [0.05, 0.1) is 23.3 Å². The number of benzene rings is 1. The summed E-state index contributed by atoms with van der Waals surface area (Å²) in [5.41, 5.74) is 0.498. The molecule has 0 aliphatic carbocycles. The van der Waals surface area contributed by atoms with Crippen molar-refractivity contribution in [3.05, 3.63) is 47.3 Å². The van der Waals surface area contributed by atoms with Crippen LogP contribution in [-0.2, 0) is 16.1 Å². The lowest BCUT2D eigenvalue weighted by atomic mass is 10.2. The first-order valence-electron chi connectivity index (χ1n) is 7.16. The summed E-state index contributed by atoms with van der Waals surface area (Å²) in [5.74, 6) is 0.0608. The van der Waals surface area contributed by atoms with Gasteiger partial charge in [0.25, 0.3) is 5.56 Å². The fourth-order valence-corrected chi connectivity index (χ4v) is 2.86.